The minimum Gasteiger partial charge on any atom is -0.401 e. The molecule has 4 nitrogen and oxygen atoms in total. The monoisotopic (exact) mass is 402 g/mol. The number of nitrogens with zero attached hydrogens (tertiary/aromatic N) is 1. The van der Waals surface area contributed by atoms with Crippen LogP contribution in [-0.2, 0) is 0 Å². The first-order valence-corrected chi connectivity index (χ1v) is 11.1. The number of benzene rings is 2. The van der Waals surface area contributed by atoms with E-state index >= 15 is 0 Å². The Morgan fingerprint density at radius 2 is 2.10 bits per heavy atom. The molecule has 2 aromatic carbocycles. The second-order valence-corrected chi connectivity index (χ2v) is 8.51. The molecule has 0 bridgehead atoms. The first-order valence-electron chi connectivity index (χ1n) is 11.1. The Hall–Kier alpha value is -2.72. The van der Waals surface area contributed by atoms with Gasteiger partial charge in [-0.25, -0.2) is 0 Å². The number of aryl methyl sites for hydroxylation is 1. The first kappa shape index (κ1) is 20.5. The zero-order chi connectivity index (χ0) is 21.1. The predicted molar refractivity (Wildman–Crippen MR) is 128 cm³/mol. The second kappa shape index (κ2) is 8.97. The van der Waals surface area contributed by atoms with E-state index in [1.54, 1.807) is 0 Å². The van der Waals surface area contributed by atoms with Crippen molar-refractivity contribution in [2.45, 2.75) is 39.7 Å². The fraction of sp³-hybridized carbons (Fsp3) is 0.385. The van der Waals surface area contributed by atoms with Crippen molar-refractivity contribution in [2.75, 3.05) is 31.5 Å². The normalized spacial score (nSPS) is 21.2. The highest BCUT2D eigenvalue weighted by molar-refractivity contribution is 5.75. The molecule has 4 heteroatoms. The zero-order valence-corrected chi connectivity index (χ0v) is 18.5. The Morgan fingerprint density at radius 1 is 1.23 bits per heavy atom. The van der Waals surface area contributed by atoms with Gasteiger partial charge in [0.25, 0.3) is 0 Å². The highest BCUT2D eigenvalue weighted by Gasteiger charge is 2.23. The Bertz CT molecular complexity index is 969. The van der Waals surface area contributed by atoms with Crippen LogP contribution in [0.25, 0.3) is 11.3 Å². The number of anilines is 1. The summed E-state index contributed by atoms with van der Waals surface area (Å²) < 4.78 is 0. The molecule has 2 aliphatic heterocycles. The number of fused-ring (bicyclic) bond motifs is 1. The van der Waals surface area contributed by atoms with Crippen molar-refractivity contribution in [2.24, 2.45) is 5.73 Å². The molecule has 0 saturated carbocycles. The molecule has 0 amide bonds. The summed E-state index contributed by atoms with van der Waals surface area (Å²) in [7, 11) is 0. The Labute approximate surface area is 180 Å². The molecule has 0 fully saturated rings. The Morgan fingerprint density at radius 3 is 2.80 bits per heavy atom. The molecule has 0 saturated heterocycles. The molecule has 0 aromatic heterocycles. The lowest BCUT2D eigenvalue weighted by Crippen LogP contribution is -2.28. The third kappa shape index (κ3) is 4.39. The molecular weight excluding hydrogens is 368 g/mol. The van der Waals surface area contributed by atoms with E-state index < -0.39 is 0 Å². The van der Waals surface area contributed by atoms with Crippen LogP contribution in [0, 0.1) is 6.92 Å². The summed E-state index contributed by atoms with van der Waals surface area (Å²) in [5.74, 6) is 0. The molecule has 30 heavy (non-hydrogen) atoms. The van der Waals surface area contributed by atoms with E-state index in [-0.39, 0.29) is 6.04 Å². The lowest BCUT2D eigenvalue weighted by molar-refractivity contribution is 0.319. The number of nitrogens with two attached hydrogens (primary N) is 1. The van der Waals surface area contributed by atoms with Gasteiger partial charge in [0.1, 0.15) is 0 Å². The van der Waals surface area contributed by atoms with Crippen molar-refractivity contribution in [3.63, 3.8) is 0 Å². The molecule has 158 valence electrons. The lowest BCUT2D eigenvalue weighted by Gasteiger charge is -2.26. The van der Waals surface area contributed by atoms with E-state index in [1.165, 1.54) is 33.5 Å². The number of likely N-dealkylation sites (N-methyl/N-ethyl adjacent to an activating group) is 1. The van der Waals surface area contributed by atoms with Crippen molar-refractivity contribution in [3.05, 3.63) is 76.5 Å². The summed E-state index contributed by atoms with van der Waals surface area (Å²) in [6.07, 6.45) is 4.51. The predicted octanol–water partition coefficient (Wildman–Crippen LogP) is 4.90. The average molecular weight is 403 g/mol. The number of hydrogen-bond donors (Lipinski definition) is 3. The smallest absolute Gasteiger partial charge is 0.0605 e. The fourth-order valence-corrected chi connectivity index (χ4v) is 4.57. The number of rotatable bonds is 4. The van der Waals surface area contributed by atoms with Crippen LogP contribution >= 0.6 is 0 Å². The minimum absolute atomic E-state index is 0.238. The minimum atomic E-state index is 0.238. The molecular formula is C26H34N4. The maximum absolute atomic E-state index is 6.26. The maximum atomic E-state index is 6.26. The van der Waals surface area contributed by atoms with Crippen molar-refractivity contribution in [1.29, 1.82) is 0 Å². The highest BCUT2D eigenvalue weighted by atomic mass is 15.1. The molecule has 2 aliphatic rings. The summed E-state index contributed by atoms with van der Waals surface area (Å²) >= 11 is 0. The SMILES string of the molecule is CCN1CC=C(c2ccc3c(c2)C(Nc2cccc(C)c2)CCN/C3=C(/C)N)CC1. The van der Waals surface area contributed by atoms with Crippen LogP contribution < -0.4 is 16.4 Å². The van der Waals surface area contributed by atoms with E-state index in [1.807, 2.05) is 6.92 Å². The molecule has 0 aliphatic carbocycles. The van der Waals surface area contributed by atoms with Crippen molar-refractivity contribution >= 4 is 17.0 Å². The zero-order valence-electron chi connectivity index (χ0n) is 18.5. The summed E-state index contributed by atoms with van der Waals surface area (Å²) in [6.45, 7) is 10.6. The average Bonchev–Trinajstić information content (AvgIpc) is 2.93. The lowest BCUT2D eigenvalue weighted by atomic mass is 9.90. The van der Waals surface area contributed by atoms with Gasteiger partial charge in [-0.05, 0) is 73.7 Å². The van der Waals surface area contributed by atoms with Gasteiger partial charge in [0.2, 0.25) is 0 Å². The van der Waals surface area contributed by atoms with Crippen molar-refractivity contribution < 1.29 is 0 Å². The van der Waals surface area contributed by atoms with Crippen LogP contribution in [0.4, 0.5) is 5.69 Å². The van der Waals surface area contributed by atoms with Gasteiger partial charge in [0, 0.05) is 36.6 Å². The van der Waals surface area contributed by atoms with Crippen LogP contribution in [0.15, 0.2) is 54.2 Å². The van der Waals surface area contributed by atoms with Crippen LogP contribution in [0.3, 0.4) is 0 Å². The molecule has 2 heterocycles. The Kier molecular flexibility index (Phi) is 6.14. The number of allylic oxidation sites excluding steroid dienone is 1. The van der Waals surface area contributed by atoms with E-state index in [9.17, 15) is 0 Å². The van der Waals surface area contributed by atoms with E-state index in [2.05, 4.69) is 77.9 Å². The topological polar surface area (TPSA) is 53.3 Å². The largest absolute Gasteiger partial charge is 0.401 e. The van der Waals surface area contributed by atoms with Crippen molar-refractivity contribution in [1.82, 2.24) is 10.2 Å². The van der Waals surface area contributed by atoms with Crippen LogP contribution in [0.1, 0.15) is 55.0 Å². The van der Waals surface area contributed by atoms with Gasteiger partial charge in [0.15, 0.2) is 0 Å². The molecule has 1 unspecified atom stereocenters. The maximum Gasteiger partial charge on any atom is 0.0605 e. The first-order chi connectivity index (χ1) is 14.5. The van der Waals surface area contributed by atoms with Crippen LogP contribution in [0.5, 0.6) is 0 Å². The highest BCUT2D eigenvalue weighted by Crippen LogP contribution is 2.35. The van der Waals surface area contributed by atoms with E-state index in [0.29, 0.717) is 0 Å². The molecule has 4 N–H and O–H groups in total. The van der Waals surface area contributed by atoms with Crippen LogP contribution in [-0.4, -0.2) is 31.1 Å². The van der Waals surface area contributed by atoms with Gasteiger partial charge in [-0.1, -0.05) is 37.3 Å². The molecule has 1 atom stereocenters. The Balaban J connectivity index is 1.73. The van der Waals surface area contributed by atoms with Gasteiger partial charge in [-0.2, -0.15) is 0 Å². The third-order valence-corrected chi connectivity index (χ3v) is 6.30. The second-order valence-electron chi connectivity index (χ2n) is 8.51. The van der Waals surface area contributed by atoms with Gasteiger partial charge < -0.3 is 16.4 Å². The van der Waals surface area contributed by atoms with Crippen LogP contribution in [0.2, 0.25) is 0 Å². The van der Waals surface area contributed by atoms with Gasteiger partial charge in [-0.15, -0.1) is 0 Å². The molecule has 2 aromatic rings. The fourth-order valence-electron chi connectivity index (χ4n) is 4.57. The van der Waals surface area contributed by atoms with E-state index in [0.717, 1.165) is 50.4 Å². The summed E-state index contributed by atoms with van der Waals surface area (Å²) in [5, 5.41) is 7.36. The van der Waals surface area contributed by atoms with Gasteiger partial charge in [-0.3, -0.25) is 4.90 Å². The molecule has 0 radical (unpaired) electrons. The molecule has 0 spiro atoms. The molecule has 4 rings (SSSR count). The number of nitrogens with one attached hydrogen (secondary N) is 2. The van der Waals surface area contributed by atoms with E-state index in [4.69, 9.17) is 5.73 Å². The van der Waals surface area contributed by atoms with Gasteiger partial charge >= 0.3 is 0 Å². The summed E-state index contributed by atoms with van der Waals surface area (Å²) in [5.41, 5.74) is 16.0. The number of hydrogen-bond acceptors (Lipinski definition) is 4. The summed E-state index contributed by atoms with van der Waals surface area (Å²) in [4.78, 5) is 2.48. The summed E-state index contributed by atoms with van der Waals surface area (Å²) in [6, 6.07) is 15.8. The van der Waals surface area contributed by atoms with Gasteiger partial charge in [0.05, 0.1) is 11.7 Å². The van der Waals surface area contributed by atoms with Crippen molar-refractivity contribution in [3.8, 4) is 0 Å². The third-order valence-electron chi connectivity index (χ3n) is 6.30. The quantitative estimate of drug-likeness (QED) is 0.681. The standard InChI is InChI=1S/C26H34N4/c1-4-30-14-11-20(12-15-30)21-8-9-23-24(17-21)25(10-13-28-26(23)19(3)27)29-22-7-5-6-18(2)16-22/h5-9,11,16-17,25,28-29H,4,10,12-15,27H2,1-3H3/b26-19-.